The quantitative estimate of drug-likeness (QED) is 0.518. The van der Waals surface area contributed by atoms with Crippen LogP contribution in [0, 0.1) is 5.92 Å². The molecule has 3 nitrogen and oxygen atoms in total. The maximum absolute atomic E-state index is 9.48. The fourth-order valence-electron chi connectivity index (χ4n) is 1.25. The molecule has 4 heteroatoms. The topological polar surface area (TPSA) is 60.7 Å². The van der Waals surface area contributed by atoms with Gasteiger partial charge < -0.3 is 15.2 Å². The molecule has 0 aliphatic rings. The smallest absolute Gasteiger partial charge is 0.427 e. The maximum atomic E-state index is 9.48. The van der Waals surface area contributed by atoms with Crippen LogP contribution < -0.4 is 0 Å². The van der Waals surface area contributed by atoms with Crippen molar-refractivity contribution in [1.82, 2.24) is 0 Å². The van der Waals surface area contributed by atoms with Crippen LogP contribution in [0.2, 0.25) is 6.32 Å². The molecule has 0 aliphatic heterocycles. The van der Waals surface area contributed by atoms with Crippen LogP contribution in [0.15, 0.2) is 0 Å². The van der Waals surface area contributed by atoms with Crippen molar-refractivity contribution in [1.29, 1.82) is 0 Å². The minimum atomic E-state index is -1.28. The molecule has 2 atom stereocenters. The van der Waals surface area contributed by atoms with Gasteiger partial charge in [0.25, 0.3) is 0 Å². The highest BCUT2D eigenvalue weighted by Gasteiger charge is 2.16. The first-order chi connectivity index (χ1) is 5.57. The first-order valence-corrected chi connectivity index (χ1v) is 4.62. The van der Waals surface area contributed by atoms with E-state index in [0.717, 1.165) is 12.8 Å². The molecular formula is C8H19BO3. The van der Waals surface area contributed by atoms with Gasteiger partial charge in [0.2, 0.25) is 0 Å². The van der Waals surface area contributed by atoms with Crippen LogP contribution in [-0.4, -0.2) is 28.4 Å². The summed E-state index contributed by atoms with van der Waals surface area (Å²) in [7, 11) is -1.28. The molecule has 12 heavy (non-hydrogen) atoms. The minimum absolute atomic E-state index is 0.258. The molecule has 0 aromatic carbocycles. The van der Waals surface area contributed by atoms with Gasteiger partial charge in [0.05, 0.1) is 6.10 Å². The Morgan fingerprint density at radius 2 is 1.83 bits per heavy atom. The van der Waals surface area contributed by atoms with Gasteiger partial charge in [-0.15, -0.1) is 0 Å². The molecular weight excluding hydrogens is 155 g/mol. The molecule has 0 fully saturated rings. The number of hydrogen-bond acceptors (Lipinski definition) is 3. The van der Waals surface area contributed by atoms with E-state index in [1.807, 2.05) is 6.92 Å². The van der Waals surface area contributed by atoms with Crippen LogP contribution in [0.25, 0.3) is 0 Å². The van der Waals surface area contributed by atoms with Gasteiger partial charge in [0.1, 0.15) is 0 Å². The Hall–Kier alpha value is -0.0551. The Morgan fingerprint density at radius 1 is 1.25 bits per heavy atom. The highest BCUT2D eigenvalue weighted by Crippen LogP contribution is 2.15. The third-order valence-corrected chi connectivity index (χ3v) is 2.12. The highest BCUT2D eigenvalue weighted by atomic mass is 16.4. The minimum Gasteiger partial charge on any atom is -0.427 e. The fourth-order valence-corrected chi connectivity index (χ4v) is 1.25. The zero-order chi connectivity index (χ0) is 9.56. The second kappa shape index (κ2) is 6.46. The molecule has 0 saturated carbocycles. The van der Waals surface area contributed by atoms with Crippen molar-refractivity contribution in [3.63, 3.8) is 0 Å². The van der Waals surface area contributed by atoms with Crippen molar-refractivity contribution >= 4 is 7.12 Å². The zero-order valence-corrected chi connectivity index (χ0v) is 7.90. The Labute approximate surface area is 74.6 Å². The Morgan fingerprint density at radius 3 is 2.25 bits per heavy atom. The molecule has 0 saturated heterocycles. The molecule has 0 radical (unpaired) electrons. The average Bonchev–Trinajstić information content (AvgIpc) is 2.00. The summed E-state index contributed by atoms with van der Waals surface area (Å²) >= 11 is 0. The first-order valence-electron chi connectivity index (χ1n) is 4.62. The summed E-state index contributed by atoms with van der Waals surface area (Å²) in [6.07, 6.45) is 2.38. The number of rotatable bonds is 6. The van der Waals surface area contributed by atoms with Crippen molar-refractivity contribution < 1.29 is 15.2 Å². The van der Waals surface area contributed by atoms with E-state index in [9.17, 15) is 5.11 Å². The van der Waals surface area contributed by atoms with Gasteiger partial charge in [-0.2, -0.15) is 0 Å². The van der Waals surface area contributed by atoms with E-state index in [2.05, 4.69) is 6.92 Å². The third-order valence-electron chi connectivity index (χ3n) is 2.12. The third kappa shape index (κ3) is 5.58. The van der Waals surface area contributed by atoms with Gasteiger partial charge in [0.15, 0.2) is 0 Å². The van der Waals surface area contributed by atoms with Crippen molar-refractivity contribution in [2.75, 3.05) is 0 Å². The molecule has 0 rings (SSSR count). The summed E-state index contributed by atoms with van der Waals surface area (Å²) in [4.78, 5) is 0. The highest BCUT2D eigenvalue weighted by molar-refractivity contribution is 6.40. The number of hydrogen-bond donors (Lipinski definition) is 3. The van der Waals surface area contributed by atoms with E-state index in [-0.39, 0.29) is 12.2 Å². The van der Waals surface area contributed by atoms with Crippen LogP contribution in [0.3, 0.4) is 0 Å². The Kier molecular flexibility index (Phi) is 6.43. The lowest BCUT2D eigenvalue weighted by molar-refractivity contribution is 0.106. The van der Waals surface area contributed by atoms with Gasteiger partial charge >= 0.3 is 7.12 Å². The summed E-state index contributed by atoms with van der Waals surface area (Å²) in [5, 5.41) is 26.6. The van der Waals surface area contributed by atoms with Crippen LogP contribution in [0.4, 0.5) is 0 Å². The van der Waals surface area contributed by atoms with Crippen molar-refractivity contribution in [3.05, 3.63) is 0 Å². The summed E-state index contributed by atoms with van der Waals surface area (Å²) in [6, 6.07) is 0. The van der Waals surface area contributed by atoms with E-state index in [0.29, 0.717) is 6.42 Å². The predicted molar refractivity (Wildman–Crippen MR) is 49.7 cm³/mol. The van der Waals surface area contributed by atoms with E-state index < -0.39 is 13.2 Å². The first kappa shape index (κ1) is 11.9. The SMILES string of the molecule is CCCC(C)C(O)CCB(O)O. The van der Waals surface area contributed by atoms with Gasteiger partial charge in [-0.1, -0.05) is 20.3 Å². The monoisotopic (exact) mass is 174 g/mol. The van der Waals surface area contributed by atoms with Crippen molar-refractivity contribution in [2.24, 2.45) is 5.92 Å². The largest absolute Gasteiger partial charge is 0.451 e. The summed E-state index contributed by atoms with van der Waals surface area (Å²) in [6.45, 7) is 4.06. The molecule has 3 N–H and O–H groups in total. The van der Waals surface area contributed by atoms with Gasteiger partial charge in [-0.05, 0) is 25.1 Å². The predicted octanol–water partition coefficient (Wildman–Crippen LogP) is 0.646. The maximum Gasteiger partial charge on any atom is 0.451 e. The molecule has 0 aromatic heterocycles. The standard InChI is InChI=1S/C8H19BO3/c1-3-4-7(2)8(10)5-6-9(11)12/h7-8,10-12H,3-6H2,1-2H3. The molecule has 0 aliphatic carbocycles. The lowest BCUT2D eigenvalue weighted by Gasteiger charge is -2.17. The molecule has 72 valence electrons. The molecule has 0 amide bonds. The summed E-state index contributed by atoms with van der Waals surface area (Å²) in [5.41, 5.74) is 0. The lowest BCUT2D eigenvalue weighted by atomic mass is 9.81. The average molecular weight is 174 g/mol. The normalized spacial score (nSPS) is 15.8. The zero-order valence-electron chi connectivity index (χ0n) is 7.90. The molecule has 0 spiro atoms. The summed E-state index contributed by atoms with van der Waals surface area (Å²) in [5.74, 6) is 0.258. The summed E-state index contributed by atoms with van der Waals surface area (Å²) < 4.78 is 0. The van der Waals surface area contributed by atoms with E-state index in [1.54, 1.807) is 0 Å². The van der Waals surface area contributed by atoms with E-state index in [4.69, 9.17) is 10.0 Å². The van der Waals surface area contributed by atoms with Crippen molar-refractivity contribution in [2.45, 2.75) is 45.5 Å². The van der Waals surface area contributed by atoms with Crippen LogP contribution in [0.5, 0.6) is 0 Å². The van der Waals surface area contributed by atoms with Crippen LogP contribution in [-0.2, 0) is 0 Å². The molecule has 2 unspecified atom stereocenters. The Bertz CT molecular complexity index is 108. The van der Waals surface area contributed by atoms with Gasteiger partial charge in [-0.3, -0.25) is 0 Å². The molecule has 0 heterocycles. The van der Waals surface area contributed by atoms with Gasteiger partial charge in [0, 0.05) is 0 Å². The van der Waals surface area contributed by atoms with Gasteiger partial charge in [-0.25, -0.2) is 0 Å². The van der Waals surface area contributed by atoms with Crippen molar-refractivity contribution in [3.8, 4) is 0 Å². The molecule has 0 aromatic rings. The fraction of sp³-hybridized carbons (Fsp3) is 1.00. The lowest BCUT2D eigenvalue weighted by Crippen LogP contribution is -2.21. The van der Waals surface area contributed by atoms with E-state index in [1.165, 1.54) is 0 Å². The Balaban J connectivity index is 3.49. The van der Waals surface area contributed by atoms with Crippen LogP contribution in [0.1, 0.15) is 33.1 Å². The second-order valence-electron chi connectivity index (χ2n) is 3.39. The number of aliphatic hydroxyl groups is 1. The van der Waals surface area contributed by atoms with Crippen LogP contribution >= 0.6 is 0 Å². The second-order valence-corrected chi connectivity index (χ2v) is 3.39. The van der Waals surface area contributed by atoms with E-state index >= 15 is 0 Å². The molecule has 0 bridgehead atoms. The number of aliphatic hydroxyl groups excluding tert-OH is 1.